The maximum absolute atomic E-state index is 12.6. The van der Waals surface area contributed by atoms with E-state index >= 15 is 0 Å². The average molecular weight is 2070 g/mol. The summed E-state index contributed by atoms with van der Waals surface area (Å²) in [4.78, 5) is 72.9. The highest BCUT2D eigenvalue weighted by atomic mass is 32.2. The molecular weight excluding hydrogens is 1840 g/mol. The highest BCUT2D eigenvalue weighted by Crippen LogP contribution is 2.31. The third-order valence-electron chi connectivity index (χ3n) is 23.5. The number of amides is 5. The second kappa shape index (κ2) is 66.0. The summed E-state index contributed by atoms with van der Waals surface area (Å²) in [6.07, 6.45) is 18.8. The van der Waals surface area contributed by atoms with Crippen LogP contribution < -0.4 is 64.3 Å². The number of guanidine groups is 2. The molecule has 3 aromatic heterocycles. The highest BCUT2D eigenvalue weighted by Gasteiger charge is 2.40. The van der Waals surface area contributed by atoms with Crippen LogP contribution in [0.25, 0.3) is 0 Å². The van der Waals surface area contributed by atoms with Crippen LogP contribution in [-0.4, -0.2) is 352 Å². The van der Waals surface area contributed by atoms with E-state index in [0.717, 1.165) is 143 Å². The second-order valence-electron chi connectivity index (χ2n) is 48.8. The zero-order valence-corrected chi connectivity index (χ0v) is 94.6. The Morgan fingerprint density at radius 1 is 0.493 bits per heavy atom. The van der Waals surface area contributed by atoms with Crippen molar-refractivity contribution < 1.29 is 46.1 Å². The molecule has 8 aliphatic heterocycles. The molecule has 1 saturated carbocycles. The molecule has 0 spiro atoms. The summed E-state index contributed by atoms with van der Waals surface area (Å²) in [6, 6.07) is 6.13. The van der Waals surface area contributed by atoms with Gasteiger partial charge in [-0.2, -0.15) is 0 Å². The Morgan fingerprint density at radius 2 is 0.938 bits per heavy atom. The van der Waals surface area contributed by atoms with Crippen molar-refractivity contribution in [3.8, 4) is 5.75 Å². The number of nitrogens with zero attached hydrogens (tertiary/aromatic N) is 14. The minimum Gasteiger partial charge on any atom is -0.486 e. The third kappa shape index (κ3) is 68.0. The Morgan fingerprint density at radius 3 is 1.29 bits per heavy atom. The van der Waals surface area contributed by atoms with Gasteiger partial charge in [0.05, 0.1) is 85.8 Å². The van der Waals surface area contributed by atoms with Crippen molar-refractivity contribution in [2.45, 2.75) is 404 Å². The molecule has 0 aromatic carbocycles. The van der Waals surface area contributed by atoms with Gasteiger partial charge in [-0.25, -0.2) is 37.1 Å². The molecule has 8 saturated heterocycles. The van der Waals surface area contributed by atoms with Crippen molar-refractivity contribution in [3.05, 3.63) is 73.1 Å². The normalized spacial score (nSPS) is 17.7. The van der Waals surface area contributed by atoms with Crippen LogP contribution in [-0.2, 0) is 42.2 Å². The largest absolute Gasteiger partial charge is 0.486 e. The number of sulfonamides is 1. The van der Waals surface area contributed by atoms with E-state index in [-0.39, 0.29) is 128 Å². The number of rotatable bonds is 21. The van der Waals surface area contributed by atoms with Crippen molar-refractivity contribution >= 4 is 39.9 Å². The lowest BCUT2D eigenvalue weighted by atomic mass is 9.92. The topological polar surface area (TPSA) is 405 Å². The van der Waals surface area contributed by atoms with Gasteiger partial charge in [-0.1, -0.05) is 43.2 Å². The number of aromatic nitrogens is 4. The summed E-state index contributed by atoms with van der Waals surface area (Å²) in [5, 5.41) is 17.7. The predicted octanol–water partition coefficient (Wildman–Crippen LogP) is 14.8. The molecule has 9 fully saturated rings. The van der Waals surface area contributed by atoms with Gasteiger partial charge in [-0.15, -0.1) is 0 Å². The van der Waals surface area contributed by atoms with Crippen molar-refractivity contribution in [2.75, 3.05) is 170 Å². The number of hydrogen-bond donors (Lipinski definition) is 11. The van der Waals surface area contributed by atoms with Crippen LogP contribution in [0.4, 0.5) is 14.0 Å². The van der Waals surface area contributed by atoms with Crippen LogP contribution in [0.5, 0.6) is 5.75 Å². The summed E-state index contributed by atoms with van der Waals surface area (Å²) in [7, 11) is -3.02. The van der Waals surface area contributed by atoms with Crippen LogP contribution in [0, 0.1) is 23.6 Å². The minimum absolute atomic E-state index is 0. The van der Waals surface area contributed by atoms with E-state index in [9.17, 15) is 27.2 Å². The van der Waals surface area contributed by atoms with Crippen molar-refractivity contribution in [1.29, 1.82) is 0 Å². The molecule has 0 atom stereocenters. The fourth-order valence-corrected chi connectivity index (χ4v) is 14.9. The van der Waals surface area contributed by atoms with Crippen molar-refractivity contribution in [1.82, 2.24) is 95.3 Å². The van der Waals surface area contributed by atoms with E-state index < -0.39 is 10.0 Å². The van der Waals surface area contributed by atoms with E-state index in [1.165, 1.54) is 57.3 Å². The first kappa shape index (κ1) is 143. The van der Waals surface area contributed by atoms with Crippen molar-refractivity contribution in [2.24, 2.45) is 50.7 Å². The number of pyridine rings is 2. The van der Waals surface area contributed by atoms with Gasteiger partial charge < -0.3 is 78.3 Å². The lowest BCUT2D eigenvalue weighted by Crippen LogP contribution is -2.65. The number of nitrogens with one attached hydrogen (secondary N) is 7. The summed E-state index contributed by atoms with van der Waals surface area (Å²) < 4.78 is 61.0. The van der Waals surface area contributed by atoms with E-state index in [4.69, 9.17) is 41.9 Å². The number of aliphatic imine (C=N–C) groups is 2. The number of nitrogens with two attached hydrogens (primary N) is 4. The van der Waals surface area contributed by atoms with E-state index in [1.54, 1.807) is 18.7 Å². The minimum atomic E-state index is -3.02. The summed E-state index contributed by atoms with van der Waals surface area (Å²) in [5.41, 5.74) is 23.7. The van der Waals surface area contributed by atoms with Crippen LogP contribution in [0.15, 0.2) is 71.7 Å². The van der Waals surface area contributed by atoms with Crippen LogP contribution in [0.2, 0.25) is 0 Å². The maximum Gasteiger partial charge on any atom is 0.315 e. The van der Waals surface area contributed by atoms with E-state index in [1.807, 2.05) is 84.5 Å². The summed E-state index contributed by atoms with van der Waals surface area (Å²) in [6.45, 7) is 99.8. The van der Waals surface area contributed by atoms with E-state index in [2.05, 4.69) is 288 Å². The summed E-state index contributed by atoms with van der Waals surface area (Å²) in [5.74, 6) is 2.40. The first-order valence-electron chi connectivity index (χ1n) is 50.8. The van der Waals surface area contributed by atoms with Gasteiger partial charge in [0.1, 0.15) is 17.2 Å². The Labute approximate surface area is 879 Å². The fraction of sp³-hybridized carbons (Fsp3) is 0.833. The number of imidazole rings is 1. The van der Waals surface area contributed by atoms with E-state index in [0.29, 0.717) is 86.1 Å². The lowest BCUT2D eigenvalue weighted by molar-refractivity contribution is -0.125. The third-order valence-corrected chi connectivity index (χ3v) is 24.2. The molecule has 3 aromatic rings. The average Bonchev–Trinajstić information content (AvgIpc) is 0.868. The van der Waals surface area contributed by atoms with Gasteiger partial charge in [0.2, 0.25) is 15.9 Å². The molecular formula is C108H222FN25O9S. The quantitative estimate of drug-likeness (QED) is 0.0348. The molecule has 1 aliphatic carbocycles. The van der Waals surface area contributed by atoms with Gasteiger partial charge in [-0.05, 0) is 299 Å². The predicted molar refractivity (Wildman–Crippen MR) is 605 cm³/mol. The molecule has 0 unspecified atom stereocenters. The number of hydrogen-bond acceptors (Lipinski definition) is 23. The molecule has 9 aliphatic rings. The number of halogens is 1. The first-order chi connectivity index (χ1) is 63.6. The number of carbonyl (C=O) groups is 3. The van der Waals surface area contributed by atoms with Gasteiger partial charge in [0.15, 0.2) is 11.9 Å². The molecule has 12 rings (SSSR count). The number of ether oxygens (including phenoxy) is 4. The molecule has 15 N–H and O–H groups in total. The SMILES string of the molecule is C.C.C.C.C.CC(C)(C)N1CC(CN=C(N)N)C1.CC(C)(C)N1CC(CNS(C)(=O)=O)C1.CC(C)(C)N1CC(N=C(N)N)C1.CC(C)(C)N1CC(NC(=O)CN2CCNCC2)C1.CC(C)(C)N1CCC1.CC(C)(C)OC1CCC1.CC(C)(C)OCCn1ccnc1.CC(C)(C)OCc1cccnc1.CC(C)(C)Oc1cncc(F)c1.CCNC(=O)NC1CN(C(C)(C)C)C1.CCNC(=O)NCC1CN(C(C)(C)C)C1. The summed E-state index contributed by atoms with van der Waals surface area (Å²) >= 11 is 0. The Bertz CT molecular complexity index is 4020. The molecule has 0 bridgehead atoms. The Hall–Kier alpha value is -6.78. The molecule has 34 nitrogen and oxygen atoms in total. The molecule has 144 heavy (non-hydrogen) atoms. The van der Waals surface area contributed by atoms with Crippen LogP contribution in [0.1, 0.15) is 311 Å². The molecule has 0 radical (unpaired) electrons. The first-order valence-corrected chi connectivity index (χ1v) is 52.7. The zero-order chi connectivity index (χ0) is 106. The Kier molecular flexibility index (Phi) is 65.8. The van der Waals surface area contributed by atoms with Gasteiger partial charge in [0, 0.05) is 225 Å². The number of piperazine rings is 1. The second-order valence-corrected chi connectivity index (χ2v) is 50.6. The molecule has 36 heteroatoms. The molecule has 11 heterocycles. The maximum atomic E-state index is 12.6. The van der Waals surface area contributed by atoms with Gasteiger partial charge >= 0.3 is 12.1 Å². The number of carbonyl (C=O) groups excluding carboxylic acids is 3. The monoisotopic (exact) mass is 2060 g/mol. The lowest BCUT2D eigenvalue weighted by Gasteiger charge is -2.47. The Balaban J connectivity index is -0.000000750. The highest BCUT2D eigenvalue weighted by molar-refractivity contribution is 7.88. The standard InChI is InChI=1S/C13H26N4O.C11H23N3O.C10H21N3O.C10H15NO.C9H12FNO.C9H20N4.C9H20N2O2S.C9H16N2O.C8H18N4.C8H16O.C7H15N.5CH4/c1-13(2,3)17-8-11(9-17)15-12(18)10-16-6-4-14-5-7-16;1-5-12-10(15)13-6-9-7-14(8-9)11(2,3)4;1-5-11-9(14)12-8-6-13(7-8)10(2,3)4;1-10(2,3)12-8-9-5-4-6-11-7-9;1-9(2,3)12-8-4-7(10)5-11-6-8;1-9(2,3)13-5-7(6-13)4-12-8(10)11;1-9(2,3)11-6-8(7-11)5-10-14(4,12)13;1-9(2,3)12-7-6-11-5-4-10-8-11;1-8(2,3)12-4-6(5-12)11-7(9)10;1-8(2,3)9-7-5-4-6-7;1-7(2,3)8-5-4-6-8;;;;;/h11,14H,4-10H2,1-3H3,(H,15,18);9H,5-8H2,1-4H3,(H2,12,13,15);8H,5-7H2,1-4H3,(H2,11,12,14);4-7H,8H2,1-3H3;4-6H,1-3H3;7H,4-6H2,1-3H3,(H4,10,11,12);8,10H,5-7H2,1-4H3;4-5,8H,6-7H2,1-3H3;6H,4-5H2,1-3H3,(H4,9,10,11);7H,4-6H2,1-3H3;4-6H2,1-3H3;5*1H4. The van der Waals surface area contributed by atoms with Gasteiger partial charge in [-0.3, -0.25) is 59.0 Å². The number of likely N-dealkylation sites (tertiary alicyclic amines) is 7. The van der Waals surface area contributed by atoms with Crippen molar-refractivity contribution in [3.63, 3.8) is 0 Å². The zero-order valence-electron chi connectivity index (χ0n) is 93.8. The molecule has 846 valence electrons. The smallest absolute Gasteiger partial charge is 0.315 e. The number of urea groups is 2. The fourth-order valence-electron chi connectivity index (χ4n) is 14.4. The molecule has 5 amide bonds. The van der Waals surface area contributed by atoms with Crippen LogP contribution >= 0.6 is 0 Å². The van der Waals surface area contributed by atoms with Gasteiger partial charge in [0.25, 0.3) is 0 Å². The van der Waals surface area contributed by atoms with Crippen LogP contribution in [0.3, 0.4) is 0 Å².